The summed E-state index contributed by atoms with van der Waals surface area (Å²) in [4.78, 5) is 9.42. The van der Waals surface area contributed by atoms with Crippen molar-refractivity contribution in [3.63, 3.8) is 0 Å². The van der Waals surface area contributed by atoms with Crippen molar-refractivity contribution in [2.75, 3.05) is 38.1 Å². The van der Waals surface area contributed by atoms with Gasteiger partial charge in [0.25, 0.3) is 0 Å². The highest BCUT2D eigenvalue weighted by Gasteiger charge is 2.15. The molecule has 0 amide bonds. The topological polar surface area (TPSA) is 19.4 Å². The Hall–Kier alpha value is -1.61. The number of pyridine rings is 1. The fourth-order valence-corrected chi connectivity index (χ4v) is 2.72. The first kappa shape index (κ1) is 12.4. The third-order valence-corrected chi connectivity index (χ3v) is 4.15. The largest absolute Gasteiger partial charge is 0.354 e. The maximum atomic E-state index is 4.66. The molecule has 1 fully saturated rings. The fraction of sp³-hybridized carbons (Fsp3) is 0.438. The number of likely N-dealkylation sites (N-methyl/N-ethyl adjacent to an activating group) is 1. The van der Waals surface area contributed by atoms with E-state index in [9.17, 15) is 0 Å². The molecule has 2 heterocycles. The van der Waals surface area contributed by atoms with Gasteiger partial charge in [0.05, 0.1) is 0 Å². The van der Waals surface area contributed by atoms with Gasteiger partial charge in [-0.3, -0.25) is 0 Å². The SMILES string of the molecule is Cc1ccc(C)c2cc(N3CCN(C)CC3)ncc12. The molecule has 1 aliphatic heterocycles. The number of fused-ring (bicyclic) bond motifs is 1. The lowest BCUT2D eigenvalue weighted by molar-refractivity contribution is 0.312. The minimum atomic E-state index is 1.07. The molecule has 1 aliphatic rings. The molecule has 2 aromatic rings. The van der Waals surface area contributed by atoms with Crippen LogP contribution in [-0.2, 0) is 0 Å². The molecule has 0 radical (unpaired) electrons. The molecular weight excluding hydrogens is 234 g/mol. The van der Waals surface area contributed by atoms with Gasteiger partial charge < -0.3 is 9.80 Å². The zero-order valence-corrected chi connectivity index (χ0v) is 12.0. The van der Waals surface area contributed by atoms with Gasteiger partial charge in [0.2, 0.25) is 0 Å². The van der Waals surface area contributed by atoms with Crippen LogP contribution in [0.25, 0.3) is 10.8 Å². The molecular formula is C16H21N3. The monoisotopic (exact) mass is 255 g/mol. The van der Waals surface area contributed by atoms with E-state index in [1.807, 2.05) is 6.20 Å². The number of hydrogen-bond donors (Lipinski definition) is 0. The number of rotatable bonds is 1. The van der Waals surface area contributed by atoms with E-state index in [0.29, 0.717) is 0 Å². The Labute approximate surface area is 114 Å². The van der Waals surface area contributed by atoms with E-state index in [0.717, 1.165) is 32.0 Å². The summed E-state index contributed by atoms with van der Waals surface area (Å²) >= 11 is 0. The minimum Gasteiger partial charge on any atom is -0.354 e. The summed E-state index contributed by atoms with van der Waals surface area (Å²) in [6, 6.07) is 6.63. The molecule has 0 N–H and O–H groups in total. The highest BCUT2D eigenvalue weighted by Crippen LogP contribution is 2.25. The average molecular weight is 255 g/mol. The van der Waals surface area contributed by atoms with Crippen molar-refractivity contribution in [2.24, 2.45) is 0 Å². The van der Waals surface area contributed by atoms with Crippen molar-refractivity contribution in [1.29, 1.82) is 0 Å². The standard InChI is InChI=1S/C16H21N3/c1-12-4-5-13(2)15-11-17-16(10-14(12)15)19-8-6-18(3)7-9-19/h4-5,10-11H,6-9H2,1-3H3. The molecule has 0 atom stereocenters. The molecule has 0 aliphatic carbocycles. The van der Waals surface area contributed by atoms with Crippen molar-refractivity contribution < 1.29 is 0 Å². The normalized spacial score (nSPS) is 17.1. The Morgan fingerprint density at radius 3 is 2.26 bits per heavy atom. The van der Waals surface area contributed by atoms with E-state index in [1.54, 1.807) is 0 Å². The quantitative estimate of drug-likeness (QED) is 0.781. The van der Waals surface area contributed by atoms with Crippen LogP contribution in [0.1, 0.15) is 11.1 Å². The Balaban J connectivity index is 2.00. The second-order valence-corrected chi connectivity index (χ2v) is 5.58. The van der Waals surface area contributed by atoms with E-state index in [1.165, 1.54) is 21.9 Å². The molecule has 100 valence electrons. The lowest BCUT2D eigenvalue weighted by Crippen LogP contribution is -2.44. The van der Waals surface area contributed by atoms with Gasteiger partial charge in [-0.15, -0.1) is 0 Å². The highest BCUT2D eigenvalue weighted by molar-refractivity contribution is 5.89. The van der Waals surface area contributed by atoms with Gasteiger partial charge in [0.15, 0.2) is 0 Å². The smallest absolute Gasteiger partial charge is 0.129 e. The van der Waals surface area contributed by atoms with Crippen LogP contribution in [0.2, 0.25) is 0 Å². The van der Waals surface area contributed by atoms with Gasteiger partial charge in [0, 0.05) is 37.8 Å². The van der Waals surface area contributed by atoms with Crippen LogP contribution in [0.3, 0.4) is 0 Å². The summed E-state index contributed by atoms with van der Waals surface area (Å²) in [5.41, 5.74) is 2.64. The number of benzene rings is 1. The second kappa shape index (κ2) is 4.82. The number of hydrogen-bond acceptors (Lipinski definition) is 3. The van der Waals surface area contributed by atoms with Crippen LogP contribution < -0.4 is 4.90 Å². The molecule has 1 aromatic carbocycles. The minimum absolute atomic E-state index is 1.07. The summed E-state index contributed by atoms with van der Waals surface area (Å²) in [6.45, 7) is 8.70. The fourth-order valence-electron chi connectivity index (χ4n) is 2.72. The Bertz CT molecular complexity index is 598. The second-order valence-electron chi connectivity index (χ2n) is 5.58. The number of anilines is 1. The number of nitrogens with zero attached hydrogens (tertiary/aromatic N) is 3. The third kappa shape index (κ3) is 2.30. The first-order valence-corrected chi connectivity index (χ1v) is 6.94. The van der Waals surface area contributed by atoms with E-state index >= 15 is 0 Å². The van der Waals surface area contributed by atoms with Gasteiger partial charge in [-0.05, 0) is 43.5 Å². The van der Waals surface area contributed by atoms with Gasteiger partial charge in [0.1, 0.15) is 5.82 Å². The molecule has 0 saturated carbocycles. The number of piperazine rings is 1. The summed E-state index contributed by atoms with van der Waals surface area (Å²) in [5, 5.41) is 2.61. The maximum Gasteiger partial charge on any atom is 0.129 e. The van der Waals surface area contributed by atoms with Crippen molar-refractivity contribution in [3.8, 4) is 0 Å². The summed E-state index contributed by atoms with van der Waals surface area (Å²) < 4.78 is 0. The maximum absolute atomic E-state index is 4.66. The van der Waals surface area contributed by atoms with Crippen molar-refractivity contribution in [3.05, 3.63) is 35.5 Å². The number of aromatic nitrogens is 1. The van der Waals surface area contributed by atoms with E-state index in [2.05, 4.69) is 53.9 Å². The molecule has 0 spiro atoms. The lowest BCUT2D eigenvalue weighted by atomic mass is 10.0. The molecule has 19 heavy (non-hydrogen) atoms. The zero-order valence-electron chi connectivity index (χ0n) is 12.0. The van der Waals surface area contributed by atoms with Crippen molar-refractivity contribution in [1.82, 2.24) is 9.88 Å². The van der Waals surface area contributed by atoms with Crippen molar-refractivity contribution >= 4 is 16.6 Å². The number of aryl methyl sites for hydroxylation is 2. The van der Waals surface area contributed by atoms with Gasteiger partial charge in [-0.1, -0.05) is 12.1 Å². The first-order chi connectivity index (χ1) is 9.15. The zero-order chi connectivity index (χ0) is 13.4. The third-order valence-electron chi connectivity index (χ3n) is 4.15. The van der Waals surface area contributed by atoms with E-state index in [-0.39, 0.29) is 0 Å². The predicted octanol–water partition coefficient (Wildman–Crippen LogP) is 2.60. The molecule has 0 bridgehead atoms. The Morgan fingerprint density at radius 1 is 0.947 bits per heavy atom. The van der Waals surface area contributed by atoms with Gasteiger partial charge in [-0.2, -0.15) is 0 Å². The van der Waals surface area contributed by atoms with Gasteiger partial charge >= 0.3 is 0 Å². The van der Waals surface area contributed by atoms with Crippen molar-refractivity contribution in [2.45, 2.75) is 13.8 Å². The first-order valence-electron chi connectivity index (χ1n) is 6.94. The van der Waals surface area contributed by atoms with E-state index in [4.69, 9.17) is 0 Å². The summed E-state index contributed by atoms with van der Waals surface area (Å²) in [5.74, 6) is 1.12. The predicted molar refractivity (Wildman–Crippen MR) is 80.9 cm³/mol. The summed E-state index contributed by atoms with van der Waals surface area (Å²) in [7, 11) is 2.18. The van der Waals surface area contributed by atoms with E-state index < -0.39 is 0 Å². The summed E-state index contributed by atoms with van der Waals surface area (Å²) in [6.07, 6.45) is 2.03. The highest BCUT2D eigenvalue weighted by atomic mass is 15.3. The lowest BCUT2D eigenvalue weighted by Gasteiger charge is -2.33. The molecule has 0 unspecified atom stereocenters. The Morgan fingerprint density at radius 2 is 1.58 bits per heavy atom. The Kier molecular flexibility index (Phi) is 3.15. The molecule has 1 aromatic heterocycles. The molecule has 1 saturated heterocycles. The average Bonchev–Trinajstić information content (AvgIpc) is 2.43. The molecule has 3 heteroatoms. The van der Waals surface area contributed by atoms with Crippen LogP contribution in [-0.4, -0.2) is 43.1 Å². The van der Waals surface area contributed by atoms with Crippen LogP contribution >= 0.6 is 0 Å². The molecule has 3 rings (SSSR count). The van der Waals surface area contributed by atoms with Crippen LogP contribution in [0.5, 0.6) is 0 Å². The van der Waals surface area contributed by atoms with Crippen LogP contribution in [0, 0.1) is 13.8 Å². The van der Waals surface area contributed by atoms with Crippen LogP contribution in [0.15, 0.2) is 24.4 Å². The van der Waals surface area contributed by atoms with Gasteiger partial charge in [-0.25, -0.2) is 4.98 Å². The molecule has 3 nitrogen and oxygen atoms in total. The van der Waals surface area contributed by atoms with Crippen LogP contribution in [0.4, 0.5) is 5.82 Å².